The number of benzene rings is 1. The predicted molar refractivity (Wildman–Crippen MR) is 58.8 cm³/mol. The van der Waals surface area contributed by atoms with Crippen LogP contribution in [-0.4, -0.2) is 15.1 Å². The molecule has 0 aliphatic heterocycles. The van der Waals surface area contributed by atoms with Crippen molar-refractivity contribution >= 4 is 21.6 Å². The van der Waals surface area contributed by atoms with Crippen molar-refractivity contribution in [1.82, 2.24) is 10.1 Å². The lowest BCUT2D eigenvalue weighted by atomic mass is 10.1. The van der Waals surface area contributed by atoms with Crippen molar-refractivity contribution in [3.05, 3.63) is 38.6 Å². The highest BCUT2D eigenvalue weighted by molar-refractivity contribution is 9.10. The molecule has 0 amide bonds. The molecule has 2 rings (SSSR count). The van der Waals surface area contributed by atoms with Gasteiger partial charge in [0.05, 0.1) is 4.92 Å². The van der Waals surface area contributed by atoms with Gasteiger partial charge in [0, 0.05) is 17.7 Å². The summed E-state index contributed by atoms with van der Waals surface area (Å²) in [4.78, 5) is 14.1. The number of hydrogen-bond acceptors (Lipinski definition) is 5. The van der Waals surface area contributed by atoms with E-state index in [9.17, 15) is 10.1 Å². The third-order valence-electron chi connectivity index (χ3n) is 2.05. The van der Waals surface area contributed by atoms with Crippen molar-refractivity contribution in [3.63, 3.8) is 0 Å². The molecule has 1 heterocycles. The number of nitrogens with zero attached hydrogens (tertiary/aromatic N) is 3. The van der Waals surface area contributed by atoms with Gasteiger partial charge in [-0.2, -0.15) is 4.98 Å². The van der Waals surface area contributed by atoms with Crippen LogP contribution >= 0.6 is 15.9 Å². The monoisotopic (exact) mass is 283 g/mol. The molecular weight excluding hydrogens is 278 g/mol. The third-order valence-corrected chi connectivity index (χ3v) is 2.37. The van der Waals surface area contributed by atoms with Crippen molar-refractivity contribution in [1.29, 1.82) is 0 Å². The predicted octanol–water partition coefficient (Wildman–Crippen LogP) is 2.72. The van der Waals surface area contributed by atoms with E-state index in [-0.39, 0.29) is 5.69 Å². The van der Waals surface area contributed by atoms with E-state index in [4.69, 9.17) is 4.52 Å². The Hall–Kier alpha value is -1.76. The molecule has 0 radical (unpaired) electrons. The molecule has 6 nitrogen and oxygen atoms in total. The van der Waals surface area contributed by atoms with Gasteiger partial charge in [0.25, 0.3) is 11.6 Å². The fourth-order valence-corrected chi connectivity index (χ4v) is 1.55. The molecule has 0 bridgehead atoms. The highest BCUT2D eigenvalue weighted by Gasteiger charge is 2.13. The lowest BCUT2D eigenvalue weighted by Crippen LogP contribution is -1.90. The van der Waals surface area contributed by atoms with E-state index in [1.165, 1.54) is 12.1 Å². The Balaban J connectivity index is 2.47. The lowest BCUT2D eigenvalue weighted by Gasteiger charge is -1.99. The number of non-ortho nitro benzene ring substituents is 1. The first kappa shape index (κ1) is 10.7. The number of aryl methyl sites for hydroxylation is 1. The van der Waals surface area contributed by atoms with E-state index >= 15 is 0 Å². The first-order chi connectivity index (χ1) is 7.58. The van der Waals surface area contributed by atoms with Crippen LogP contribution in [0.15, 0.2) is 27.5 Å². The smallest absolute Gasteiger partial charge is 0.269 e. The minimum absolute atomic E-state index is 0.0415. The number of halogens is 1. The Bertz CT molecular complexity index is 553. The number of rotatable bonds is 2. The fourth-order valence-electron chi connectivity index (χ4n) is 1.32. The van der Waals surface area contributed by atoms with Crippen LogP contribution < -0.4 is 0 Å². The van der Waals surface area contributed by atoms with Crippen LogP contribution in [0.25, 0.3) is 11.5 Å². The van der Waals surface area contributed by atoms with E-state index in [0.29, 0.717) is 21.8 Å². The lowest BCUT2D eigenvalue weighted by molar-refractivity contribution is -0.384. The van der Waals surface area contributed by atoms with Gasteiger partial charge in [-0.15, -0.1) is 0 Å². The molecule has 2 aromatic rings. The minimum atomic E-state index is -0.444. The molecule has 0 spiro atoms. The second-order valence-electron chi connectivity index (χ2n) is 3.12. The summed E-state index contributed by atoms with van der Waals surface area (Å²) in [6.07, 6.45) is 0. The summed E-state index contributed by atoms with van der Waals surface area (Å²) in [5.41, 5.74) is 1.44. The quantitative estimate of drug-likeness (QED) is 0.625. The molecule has 0 saturated carbocycles. The maximum absolute atomic E-state index is 10.6. The average Bonchev–Trinajstić information content (AvgIpc) is 2.64. The molecule has 0 aliphatic rings. The molecule has 0 aliphatic carbocycles. The van der Waals surface area contributed by atoms with Crippen molar-refractivity contribution in [2.45, 2.75) is 6.92 Å². The Kier molecular flexibility index (Phi) is 2.69. The van der Waals surface area contributed by atoms with Crippen LogP contribution in [0.2, 0.25) is 0 Å². The summed E-state index contributed by atoms with van der Waals surface area (Å²) in [5, 5.41) is 14.1. The summed E-state index contributed by atoms with van der Waals surface area (Å²) < 4.78 is 5.30. The molecule has 0 unspecified atom stereocenters. The van der Waals surface area contributed by atoms with Crippen molar-refractivity contribution in [2.24, 2.45) is 0 Å². The standard InChI is InChI=1S/C9H6BrN3O3/c1-5-4-6(13(14)15)2-3-7(5)8-11-9(10)12-16-8/h2-4H,1H3. The van der Waals surface area contributed by atoms with Gasteiger partial charge >= 0.3 is 0 Å². The van der Waals surface area contributed by atoms with Crippen LogP contribution in [0.3, 0.4) is 0 Å². The zero-order valence-corrected chi connectivity index (χ0v) is 9.76. The largest absolute Gasteiger partial charge is 0.333 e. The van der Waals surface area contributed by atoms with Crippen molar-refractivity contribution < 1.29 is 9.45 Å². The van der Waals surface area contributed by atoms with Crippen molar-refractivity contribution in [2.75, 3.05) is 0 Å². The number of aromatic nitrogens is 2. The van der Waals surface area contributed by atoms with Crippen LogP contribution in [0, 0.1) is 17.0 Å². The van der Waals surface area contributed by atoms with Crippen LogP contribution in [0.4, 0.5) is 5.69 Å². The second-order valence-corrected chi connectivity index (χ2v) is 3.83. The molecule has 0 fully saturated rings. The topological polar surface area (TPSA) is 82.1 Å². The van der Waals surface area contributed by atoms with E-state index < -0.39 is 4.92 Å². The van der Waals surface area contributed by atoms with Crippen molar-refractivity contribution in [3.8, 4) is 11.5 Å². The first-order valence-electron chi connectivity index (χ1n) is 4.32. The van der Waals surface area contributed by atoms with Gasteiger partial charge in [0.15, 0.2) is 0 Å². The maximum Gasteiger partial charge on any atom is 0.269 e. The fraction of sp³-hybridized carbons (Fsp3) is 0.111. The zero-order valence-electron chi connectivity index (χ0n) is 8.18. The number of nitro groups is 1. The Morgan fingerprint density at radius 1 is 1.50 bits per heavy atom. The Morgan fingerprint density at radius 2 is 2.25 bits per heavy atom. The molecule has 0 atom stereocenters. The molecule has 1 aromatic carbocycles. The van der Waals surface area contributed by atoms with Crippen LogP contribution in [0.1, 0.15) is 5.56 Å². The molecule has 82 valence electrons. The zero-order chi connectivity index (χ0) is 11.7. The van der Waals surface area contributed by atoms with E-state index in [2.05, 4.69) is 26.1 Å². The third kappa shape index (κ3) is 1.94. The van der Waals surface area contributed by atoms with Crippen LogP contribution in [0.5, 0.6) is 0 Å². The summed E-state index contributed by atoms with van der Waals surface area (Å²) in [7, 11) is 0. The molecule has 0 N–H and O–H groups in total. The van der Waals surface area contributed by atoms with Gasteiger partial charge in [0.2, 0.25) is 4.73 Å². The average molecular weight is 284 g/mol. The summed E-state index contributed by atoms with van der Waals surface area (Å²) in [5.74, 6) is 0.333. The SMILES string of the molecule is Cc1cc([N+](=O)[O-])ccc1-c1nc(Br)no1. The molecular formula is C9H6BrN3O3. The van der Waals surface area contributed by atoms with Gasteiger partial charge in [0.1, 0.15) is 0 Å². The van der Waals surface area contributed by atoms with Gasteiger partial charge in [-0.1, -0.05) is 0 Å². The van der Waals surface area contributed by atoms with Crippen LogP contribution in [-0.2, 0) is 0 Å². The van der Waals surface area contributed by atoms with E-state index in [1.807, 2.05) is 0 Å². The molecule has 0 saturated heterocycles. The highest BCUT2D eigenvalue weighted by Crippen LogP contribution is 2.26. The molecule has 16 heavy (non-hydrogen) atoms. The van der Waals surface area contributed by atoms with Gasteiger partial charge in [-0.25, -0.2) is 0 Å². The molecule has 1 aromatic heterocycles. The maximum atomic E-state index is 10.6. The normalized spacial score (nSPS) is 10.4. The Morgan fingerprint density at radius 3 is 2.75 bits per heavy atom. The first-order valence-corrected chi connectivity index (χ1v) is 5.12. The number of hydrogen-bond donors (Lipinski definition) is 0. The van der Waals surface area contributed by atoms with Gasteiger partial charge in [-0.05, 0) is 39.6 Å². The second kappa shape index (κ2) is 4.01. The summed E-state index contributed by atoms with van der Waals surface area (Å²) in [6, 6.07) is 4.46. The van der Waals surface area contributed by atoms with E-state index in [0.717, 1.165) is 0 Å². The van der Waals surface area contributed by atoms with E-state index in [1.54, 1.807) is 13.0 Å². The number of nitro benzene ring substituents is 1. The van der Waals surface area contributed by atoms with Gasteiger partial charge < -0.3 is 4.52 Å². The summed E-state index contributed by atoms with van der Waals surface area (Å²) in [6.45, 7) is 1.75. The Labute approximate surface area is 98.6 Å². The molecule has 7 heteroatoms. The summed E-state index contributed by atoms with van der Waals surface area (Å²) >= 11 is 3.07. The minimum Gasteiger partial charge on any atom is -0.333 e. The highest BCUT2D eigenvalue weighted by atomic mass is 79.9. The van der Waals surface area contributed by atoms with Gasteiger partial charge in [-0.3, -0.25) is 10.1 Å².